The van der Waals surface area contributed by atoms with Crippen LogP contribution in [0.25, 0.3) is 0 Å². The maximum Gasteiger partial charge on any atom is 0.258 e. The minimum Gasteiger partial charge on any atom is -0.392 e. The van der Waals surface area contributed by atoms with Crippen LogP contribution in [0.3, 0.4) is 0 Å². The molecule has 1 unspecified atom stereocenters. The van der Waals surface area contributed by atoms with Crippen LogP contribution in [0.5, 0.6) is 0 Å². The molecule has 1 aromatic rings. The minimum atomic E-state index is -3.58. The number of nitrogens with one attached hydrogen (secondary N) is 1. The van der Waals surface area contributed by atoms with Gasteiger partial charge in [-0.25, -0.2) is 13.1 Å². The summed E-state index contributed by atoms with van der Waals surface area (Å²) < 4.78 is 27.1. The predicted molar refractivity (Wildman–Crippen MR) is 54.8 cm³/mol. The van der Waals surface area contributed by atoms with E-state index in [1.807, 2.05) is 0 Å². The zero-order valence-corrected chi connectivity index (χ0v) is 9.74. The zero-order chi connectivity index (χ0) is 11.6. The summed E-state index contributed by atoms with van der Waals surface area (Å²) >= 11 is 0. The Kier molecular flexibility index (Phi) is 3.48. The number of rotatable bonds is 4. The molecule has 0 radical (unpaired) electrons. The average molecular weight is 233 g/mol. The molecule has 7 heteroatoms. The maximum atomic E-state index is 11.8. The highest BCUT2D eigenvalue weighted by molar-refractivity contribution is 7.89. The van der Waals surface area contributed by atoms with E-state index in [0.29, 0.717) is 5.56 Å². The lowest BCUT2D eigenvalue weighted by Crippen LogP contribution is -2.32. The Morgan fingerprint density at radius 3 is 2.67 bits per heavy atom. The van der Waals surface area contributed by atoms with Gasteiger partial charge in [0.15, 0.2) is 5.03 Å². The highest BCUT2D eigenvalue weighted by atomic mass is 32.2. The Labute approximate surface area is 89.0 Å². The fourth-order valence-electron chi connectivity index (χ4n) is 1.22. The molecule has 15 heavy (non-hydrogen) atoms. The second-order valence-corrected chi connectivity index (χ2v) is 5.14. The maximum absolute atomic E-state index is 11.8. The first-order valence-corrected chi connectivity index (χ1v) is 5.99. The van der Waals surface area contributed by atoms with Crippen molar-refractivity contribution in [1.82, 2.24) is 14.5 Å². The second kappa shape index (κ2) is 4.30. The fourth-order valence-corrected chi connectivity index (χ4v) is 2.69. The third-order valence-electron chi connectivity index (χ3n) is 1.88. The van der Waals surface area contributed by atoms with Gasteiger partial charge in [-0.2, -0.15) is 5.10 Å². The van der Waals surface area contributed by atoms with Crippen molar-refractivity contribution < 1.29 is 13.5 Å². The molecule has 2 N–H and O–H groups in total. The third-order valence-corrected chi connectivity index (χ3v) is 3.52. The van der Waals surface area contributed by atoms with Crippen LogP contribution in [-0.2, 0) is 17.1 Å². The molecule has 0 amide bonds. The number of nitrogens with zero attached hydrogens (tertiary/aromatic N) is 2. The highest BCUT2D eigenvalue weighted by Crippen LogP contribution is 2.12. The van der Waals surface area contributed by atoms with Gasteiger partial charge in [0.1, 0.15) is 0 Å². The van der Waals surface area contributed by atoms with E-state index >= 15 is 0 Å². The van der Waals surface area contributed by atoms with Gasteiger partial charge in [0.25, 0.3) is 10.0 Å². The number of aliphatic hydroxyl groups is 1. The van der Waals surface area contributed by atoms with E-state index in [0.717, 1.165) is 0 Å². The molecule has 0 aliphatic carbocycles. The number of sulfonamides is 1. The highest BCUT2D eigenvalue weighted by Gasteiger charge is 2.21. The van der Waals surface area contributed by atoms with Crippen LogP contribution in [-0.4, -0.2) is 36.0 Å². The van der Waals surface area contributed by atoms with Gasteiger partial charge in [-0.15, -0.1) is 0 Å². The summed E-state index contributed by atoms with van der Waals surface area (Å²) in [6.07, 6.45) is 0.769. The van der Waals surface area contributed by atoms with Crippen LogP contribution in [0, 0.1) is 6.92 Å². The monoisotopic (exact) mass is 233 g/mol. The molecule has 1 heterocycles. The molecule has 0 fully saturated rings. The van der Waals surface area contributed by atoms with Crippen molar-refractivity contribution in [2.75, 3.05) is 6.54 Å². The summed E-state index contributed by atoms with van der Waals surface area (Å²) in [5.41, 5.74) is 0.579. The van der Waals surface area contributed by atoms with Crippen molar-refractivity contribution >= 4 is 10.0 Å². The summed E-state index contributed by atoms with van der Waals surface area (Å²) in [7, 11) is -2.02. The summed E-state index contributed by atoms with van der Waals surface area (Å²) in [5.74, 6) is 0. The van der Waals surface area contributed by atoms with Gasteiger partial charge in [-0.1, -0.05) is 0 Å². The Morgan fingerprint density at radius 2 is 2.27 bits per heavy atom. The van der Waals surface area contributed by atoms with Crippen molar-refractivity contribution in [2.45, 2.75) is 25.0 Å². The molecular formula is C8H15N3O3S. The quantitative estimate of drug-likeness (QED) is 0.726. The van der Waals surface area contributed by atoms with E-state index in [2.05, 4.69) is 9.82 Å². The second-order valence-electron chi connectivity index (χ2n) is 3.46. The van der Waals surface area contributed by atoms with Crippen LogP contribution < -0.4 is 4.72 Å². The lowest BCUT2D eigenvalue weighted by Gasteiger charge is -2.09. The van der Waals surface area contributed by atoms with E-state index in [9.17, 15) is 8.42 Å². The van der Waals surface area contributed by atoms with Gasteiger partial charge >= 0.3 is 0 Å². The Hall–Kier alpha value is -0.920. The smallest absolute Gasteiger partial charge is 0.258 e. The zero-order valence-electron chi connectivity index (χ0n) is 8.93. The van der Waals surface area contributed by atoms with E-state index in [1.54, 1.807) is 14.0 Å². The van der Waals surface area contributed by atoms with E-state index in [1.165, 1.54) is 17.8 Å². The van der Waals surface area contributed by atoms with Crippen LogP contribution in [0.15, 0.2) is 11.2 Å². The number of aliphatic hydroxyl groups excluding tert-OH is 1. The molecule has 0 spiro atoms. The normalized spacial score (nSPS) is 14.1. The molecule has 1 atom stereocenters. The summed E-state index contributed by atoms with van der Waals surface area (Å²) in [4.78, 5) is 0. The molecule has 6 nitrogen and oxygen atoms in total. The molecular weight excluding hydrogens is 218 g/mol. The van der Waals surface area contributed by atoms with E-state index in [-0.39, 0.29) is 11.6 Å². The van der Waals surface area contributed by atoms with Gasteiger partial charge < -0.3 is 5.11 Å². The largest absolute Gasteiger partial charge is 0.392 e. The summed E-state index contributed by atoms with van der Waals surface area (Å²) in [6.45, 7) is 3.18. The average Bonchev–Trinajstić information content (AvgIpc) is 2.43. The first-order chi connectivity index (χ1) is 6.84. The SMILES string of the molecule is Cc1cnn(C)c1S(=O)(=O)NCC(C)O. The van der Waals surface area contributed by atoms with Crippen molar-refractivity contribution in [3.8, 4) is 0 Å². The van der Waals surface area contributed by atoms with E-state index < -0.39 is 16.1 Å². The van der Waals surface area contributed by atoms with Crippen molar-refractivity contribution in [3.05, 3.63) is 11.8 Å². The number of aryl methyl sites for hydroxylation is 2. The molecule has 0 aliphatic heterocycles. The molecule has 1 aromatic heterocycles. The van der Waals surface area contributed by atoms with E-state index in [4.69, 9.17) is 5.11 Å². The van der Waals surface area contributed by atoms with Crippen molar-refractivity contribution in [1.29, 1.82) is 0 Å². The Balaban J connectivity index is 2.96. The third kappa shape index (κ3) is 2.77. The standard InChI is InChI=1S/C8H15N3O3S/c1-6-4-9-11(3)8(6)15(13,14)10-5-7(2)12/h4,7,10,12H,5H2,1-3H3. The molecule has 0 saturated carbocycles. The number of aromatic nitrogens is 2. The van der Waals surface area contributed by atoms with Gasteiger partial charge in [-0.05, 0) is 13.8 Å². The Bertz CT molecular complexity index is 416. The van der Waals surface area contributed by atoms with Crippen molar-refractivity contribution in [2.24, 2.45) is 7.05 Å². The lowest BCUT2D eigenvalue weighted by molar-refractivity contribution is 0.198. The van der Waals surface area contributed by atoms with Gasteiger partial charge in [0.2, 0.25) is 0 Å². The summed E-state index contributed by atoms with van der Waals surface area (Å²) in [6, 6.07) is 0. The van der Waals surface area contributed by atoms with Crippen LogP contribution >= 0.6 is 0 Å². The van der Waals surface area contributed by atoms with Gasteiger partial charge in [0.05, 0.1) is 12.3 Å². The molecule has 86 valence electrons. The molecule has 1 rings (SSSR count). The number of hydrogen-bond donors (Lipinski definition) is 2. The predicted octanol–water partition coefficient (Wildman–Crippen LogP) is -0.612. The first kappa shape index (κ1) is 12.2. The first-order valence-electron chi connectivity index (χ1n) is 4.51. The molecule has 0 aromatic carbocycles. The number of hydrogen-bond acceptors (Lipinski definition) is 4. The van der Waals surface area contributed by atoms with Gasteiger partial charge in [-0.3, -0.25) is 4.68 Å². The van der Waals surface area contributed by atoms with Crippen LogP contribution in [0.2, 0.25) is 0 Å². The Morgan fingerprint density at radius 1 is 1.67 bits per heavy atom. The molecule has 0 saturated heterocycles. The van der Waals surface area contributed by atoms with Gasteiger partial charge in [0, 0.05) is 19.2 Å². The summed E-state index contributed by atoms with van der Waals surface area (Å²) in [5, 5.41) is 13.0. The molecule has 0 aliphatic rings. The van der Waals surface area contributed by atoms with Crippen LogP contribution in [0.4, 0.5) is 0 Å². The fraction of sp³-hybridized carbons (Fsp3) is 0.625. The topological polar surface area (TPSA) is 84.2 Å². The lowest BCUT2D eigenvalue weighted by atomic mass is 10.4. The van der Waals surface area contributed by atoms with Crippen molar-refractivity contribution in [3.63, 3.8) is 0 Å². The van der Waals surface area contributed by atoms with Crippen LogP contribution in [0.1, 0.15) is 12.5 Å². The minimum absolute atomic E-state index is 0.00699. The molecule has 0 bridgehead atoms.